The third kappa shape index (κ3) is 3.19. The van der Waals surface area contributed by atoms with E-state index in [0.29, 0.717) is 0 Å². The van der Waals surface area contributed by atoms with Crippen molar-refractivity contribution in [2.45, 2.75) is 0 Å². The fraction of sp³-hybridized carbons (Fsp3) is 0. The maximum absolute atomic E-state index is 13.3. The first-order valence-electron chi connectivity index (χ1n) is 5.48. The van der Waals surface area contributed by atoms with E-state index in [9.17, 15) is 30.9 Å². The third-order valence-electron chi connectivity index (χ3n) is 2.37. The van der Waals surface area contributed by atoms with Gasteiger partial charge < -0.3 is 9.05 Å². The van der Waals surface area contributed by atoms with E-state index in [-0.39, 0.29) is 5.75 Å². The van der Waals surface area contributed by atoms with Gasteiger partial charge in [0.2, 0.25) is 34.8 Å². The minimum Gasteiger partial charge on any atom is -0.418 e. The van der Waals surface area contributed by atoms with Gasteiger partial charge in [0.05, 0.1) is 0 Å². The van der Waals surface area contributed by atoms with Crippen LogP contribution < -0.4 is 9.05 Å². The molecule has 0 bridgehead atoms. The van der Waals surface area contributed by atoms with Gasteiger partial charge in [-0.15, -0.1) is 0 Å². The Kier molecular flexibility index (Phi) is 4.65. The van der Waals surface area contributed by atoms with Crippen LogP contribution in [0.25, 0.3) is 0 Å². The van der Waals surface area contributed by atoms with E-state index in [1.807, 2.05) is 0 Å². The lowest BCUT2D eigenvalue weighted by atomic mass is 10.3. The van der Waals surface area contributed by atoms with Gasteiger partial charge in [-0.2, -0.15) is 8.78 Å². The minimum atomic E-state index is -3.71. The van der Waals surface area contributed by atoms with E-state index in [1.54, 1.807) is 0 Å². The summed E-state index contributed by atoms with van der Waals surface area (Å²) < 4.78 is 98.0. The smallest absolute Gasteiger partial charge is 0.418 e. The number of halogens is 6. The topological polar surface area (TPSA) is 35.5 Å². The highest BCUT2D eigenvalue weighted by Gasteiger charge is 2.28. The largest absolute Gasteiger partial charge is 0.419 e. The molecule has 0 aliphatic rings. The summed E-state index contributed by atoms with van der Waals surface area (Å²) in [7, 11) is -3.71. The fourth-order valence-electron chi connectivity index (χ4n) is 1.38. The molecule has 0 heterocycles. The van der Waals surface area contributed by atoms with Crippen molar-refractivity contribution in [2.75, 3.05) is 0 Å². The van der Waals surface area contributed by atoms with E-state index >= 15 is 0 Å². The van der Waals surface area contributed by atoms with Gasteiger partial charge in [0, 0.05) is 0 Å². The monoisotopic (exact) mass is 342 g/mol. The predicted octanol–water partition coefficient (Wildman–Crippen LogP) is 4.37. The van der Waals surface area contributed by atoms with Crippen LogP contribution in [0.4, 0.5) is 26.3 Å². The molecular weight excluding hydrogens is 337 g/mol. The van der Waals surface area contributed by atoms with Gasteiger partial charge in [0.25, 0.3) is 0 Å². The van der Waals surface area contributed by atoms with E-state index in [0.717, 1.165) is 24.3 Å². The Balaban J connectivity index is 2.24. The van der Waals surface area contributed by atoms with E-state index in [4.69, 9.17) is 0 Å². The second-order valence-electron chi connectivity index (χ2n) is 3.81. The molecule has 10 heteroatoms. The molecule has 0 N–H and O–H groups in total. The average molecular weight is 342 g/mol. The minimum absolute atomic E-state index is 0.186. The van der Waals surface area contributed by atoms with Gasteiger partial charge in [-0.25, -0.2) is 22.1 Å². The Hall–Kier alpha value is -2.15. The summed E-state index contributed by atoms with van der Waals surface area (Å²) in [6.07, 6.45) is 0. The molecule has 0 aromatic heterocycles. The third-order valence-corrected chi connectivity index (χ3v) is 3.14. The maximum Gasteiger partial charge on any atom is 0.419 e. The lowest BCUT2D eigenvalue weighted by Crippen LogP contribution is -2.04. The molecule has 118 valence electrons. The first kappa shape index (κ1) is 16.2. The number of hydrogen-bond acceptors (Lipinski definition) is 3. The molecule has 0 aliphatic heterocycles. The van der Waals surface area contributed by atoms with Crippen molar-refractivity contribution in [1.29, 1.82) is 0 Å². The average Bonchev–Trinajstić information content (AvgIpc) is 2.50. The zero-order chi connectivity index (χ0) is 16.4. The van der Waals surface area contributed by atoms with Crippen molar-refractivity contribution in [3.63, 3.8) is 0 Å². The molecule has 0 fully saturated rings. The molecule has 0 aliphatic carbocycles. The summed E-state index contributed by atoms with van der Waals surface area (Å²) in [6, 6.07) is 3.92. The lowest BCUT2D eigenvalue weighted by molar-refractivity contribution is 0.336. The second kappa shape index (κ2) is 6.31. The highest BCUT2D eigenvalue weighted by Crippen LogP contribution is 2.36. The van der Waals surface area contributed by atoms with Gasteiger partial charge in [-0.05, 0) is 24.3 Å². The molecule has 0 amide bonds. The molecule has 0 radical (unpaired) electrons. The van der Waals surface area contributed by atoms with E-state index < -0.39 is 48.9 Å². The molecule has 2 aromatic rings. The molecule has 1 unspecified atom stereocenters. The van der Waals surface area contributed by atoms with E-state index in [2.05, 4.69) is 9.05 Å². The van der Waals surface area contributed by atoms with Crippen molar-refractivity contribution in [3.8, 4) is 11.5 Å². The quantitative estimate of drug-likeness (QED) is 0.358. The molecule has 2 rings (SSSR count). The van der Waals surface area contributed by atoms with Gasteiger partial charge in [-0.1, -0.05) is 0 Å². The first-order chi connectivity index (χ1) is 10.3. The van der Waals surface area contributed by atoms with Crippen molar-refractivity contribution >= 4 is 8.25 Å². The van der Waals surface area contributed by atoms with Crippen LogP contribution in [0.2, 0.25) is 0 Å². The summed E-state index contributed by atoms with van der Waals surface area (Å²) in [6.45, 7) is 0. The molecule has 2 aromatic carbocycles. The van der Waals surface area contributed by atoms with Crippen molar-refractivity contribution in [3.05, 3.63) is 59.2 Å². The van der Waals surface area contributed by atoms with Crippen LogP contribution in [-0.4, -0.2) is 0 Å². The van der Waals surface area contributed by atoms with Crippen LogP contribution in [0.1, 0.15) is 0 Å². The zero-order valence-corrected chi connectivity index (χ0v) is 11.3. The number of benzene rings is 2. The highest BCUT2D eigenvalue weighted by molar-refractivity contribution is 7.34. The van der Waals surface area contributed by atoms with Crippen molar-refractivity contribution < 1.29 is 40.0 Å². The fourth-order valence-corrected chi connectivity index (χ4v) is 2.09. The van der Waals surface area contributed by atoms with E-state index in [1.165, 1.54) is 0 Å². The van der Waals surface area contributed by atoms with Crippen LogP contribution >= 0.6 is 8.25 Å². The molecule has 0 saturated carbocycles. The summed E-state index contributed by atoms with van der Waals surface area (Å²) in [5.74, 6) is -14.0. The van der Waals surface area contributed by atoms with Crippen LogP contribution in [0.15, 0.2) is 24.3 Å². The molecule has 22 heavy (non-hydrogen) atoms. The molecule has 0 saturated heterocycles. The summed E-state index contributed by atoms with van der Waals surface area (Å²) >= 11 is 0. The van der Waals surface area contributed by atoms with Crippen LogP contribution in [0.5, 0.6) is 11.5 Å². The van der Waals surface area contributed by atoms with Gasteiger partial charge in [0.15, 0.2) is 0 Å². The Morgan fingerprint density at radius 2 is 1.14 bits per heavy atom. The first-order valence-corrected chi connectivity index (χ1v) is 6.70. The summed E-state index contributed by atoms with van der Waals surface area (Å²) in [5.41, 5.74) is 0. The van der Waals surface area contributed by atoms with Crippen LogP contribution in [0, 0.1) is 34.9 Å². The zero-order valence-electron chi connectivity index (χ0n) is 10.3. The van der Waals surface area contributed by atoms with Crippen LogP contribution in [0.3, 0.4) is 0 Å². The number of hydrogen-bond donors (Lipinski definition) is 0. The Bertz CT molecular complexity index is 706. The summed E-state index contributed by atoms with van der Waals surface area (Å²) in [4.78, 5) is 0. The standard InChI is InChI=1S/C12H5F6O3P/c13-5-1-3-6(4-2-5)20-22(19)21-12-10(17)8(15)7(14)9(16)11(12)18/h1-4,22H. The normalized spacial score (nSPS) is 12.1. The Labute approximate surface area is 120 Å². The van der Waals surface area contributed by atoms with Gasteiger partial charge in [-0.3, -0.25) is 0 Å². The molecule has 0 spiro atoms. The number of rotatable bonds is 4. The SMILES string of the molecule is O=[PH](Oc1ccc(F)cc1)Oc1c(F)c(F)c(F)c(F)c1F. The molecule has 3 nitrogen and oxygen atoms in total. The van der Waals surface area contributed by atoms with Crippen LogP contribution in [-0.2, 0) is 4.57 Å². The summed E-state index contributed by atoms with van der Waals surface area (Å²) in [5, 5.41) is 0. The van der Waals surface area contributed by atoms with Crippen molar-refractivity contribution in [2.24, 2.45) is 0 Å². The van der Waals surface area contributed by atoms with Crippen molar-refractivity contribution in [1.82, 2.24) is 0 Å². The highest BCUT2D eigenvalue weighted by atomic mass is 31.1. The lowest BCUT2D eigenvalue weighted by Gasteiger charge is -2.10. The predicted molar refractivity (Wildman–Crippen MR) is 62.9 cm³/mol. The second-order valence-corrected chi connectivity index (χ2v) is 4.72. The molecule has 1 atom stereocenters. The molecular formula is C12H5F6O3P. The Morgan fingerprint density at radius 3 is 1.64 bits per heavy atom. The van der Waals surface area contributed by atoms with Gasteiger partial charge >= 0.3 is 8.25 Å². The van der Waals surface area contributed by atoms with Gasteiger partial charge in [0.1, 0.15) is 11.6 Å². The Morgan fingerprint density at radius 1 is 0.682 bits per heavy atom. The maximum atomic E-state index is 13.3.